The minimum absolute atomic E-state index is 0.0744. The molecule has 1 aliphatic heterocycles. The molecule has 0 radical (unpaired) electrons. The predicted molar refractivity (Wildman–Crippen MR) is 91.2 cm³/mol. The van der Waals surface area contributed by atoms with Gasteiger partial charge in [-0.25, -0.2) is 13.6 Å². The molecule has 3 rings (SSSR count). The highest BCUT2D eigenvalue weighted by atomic mass is 19.3. The summed E-state index contributed by atoms with van der Waals surface area (Å²) in [5.74, 6) is -0.721. The molecule has 0 amide bonds. The van der Waals surface area contributed by atoms with Crippen LogP contribution in [0.3, 0.4) is 0 Å². The zero-order chi connectivity index (χ0) is 19.4. The largest absolute Gasteiger partial charge is 0.487 e. The summed E-state index contributed by atoms with van der Waals surface area (Å²) in [6.07, 6.45) is -0.668. The minimum atomic E-state index is -2.67. The molecule has 1 atom stereocenters. The summed E-state index contributed by atoms with van der Waals surface area (Å²) >= 11 is 0. The van der Waals surface area contributed by atoms with Crippen LogP contribution >= 0.6 is 0 Å². The van der Waals surface area contributed by atoms with E-state index in [0.29, 0.717) is 19.6 Å². The molecule has 0 bridgehead atoms. The fourth-order valence-corrected chi connectivity index (χ4v) is 2.80. The lowest BCUT2D eigenvalue weighted by molar-refractivity contribution is 0.0597. The van der Waals surface area contributed by atoms with Crippen LogP contribution in [0.4, 0.5) is 8.78 Å². The monoisotopic (exact) mass is 380 g/mol. The van der Waals surface area contributed by atoms with Gasteiger partial charge in [0, 0.05) is 18.4 Å². The lowest BCUT2D eigenvalue weighted by atomic mass is 10.1. The van der Waals surface area contributed by atoms with Gasteiger partial charge in [0.25, 0.3) is 6.43 Å². The van der Waals surface area contributed by atoms with Gasteiger partial charge < -0.3 is 14.2 Å². The van der Waals surface area contributed by atoms with Crippen LogP contribution in [0.1, 0.15) is 22.8 Å². The maximum absolute atomic E-state index is 12.8. The normalized spacial score (nSPS) is 16.5. The highest BCUT2D eigenvalue weighted by Gasteiger charge is 2.25. The van der Waals surface area contributed by atoms with Crippen molar-refractivity contribution in [3.05, 3.63) is 46.2 Å². The zero-order valence-electron chi connectivity index (χ0n) is 14.6. The van der Waals surface area contributed by atoms with Gasteiger partial charge in [-0.3, -0.25) is 9.48 Å². The van der Waals surface area contributed by atoms with Gasteiger partial charge in [0.2, 0.25) is 5.43 Å². The van der Waals surface area contributed by atoms with Crippen LogP contribution in [-0.2, 0) is 9.47 Å². The fraction of sp³-hybridized carbons (Fsp3) is 0.389. The van der Waals surface area contributed by atoms with Crippen LogP contribution in [0.25, 0.3) is 11.3 Å². The Kier molecular flexibility index (Phi) is 5.80. The molecule has 0 spiro atoms. The predicted octanol–water partition coefficient (Wildman–Crippen LogP) is 2.30. The molecule has 1 fully saturated rings. The van der Waals surface area contributed by atoms with E-state index in [9.17, 15) is 18.4 Å². The molecule has 1 aromatic carbocycles. The van der Waals surface area contributed by atoms with Gasteiger partial charge in [-0.1, -0.05) is 12.1 Å². The Hall–Kier alpha value is -2.81. The highest BCUT2D eigenvalue weighted by molar-refractivity contribution is 5.90. The Morgan fingerprint density at radius 2 is 2.19 bits per heavy atom. The number of carbonyl (C=O) groups is 1. The van der Waals surface area contributed by atoms with Crippen LogP contribution in [0, 0.1) is 0 Å². The van der Waals surface area contributed by atoms with Gasteiger partial charge in [0.05, 0.1) is 19.8 Å². The molecule has 1 unspecified atom stereocenters. The molecule has 9 heteroatoms. The summed E-state index contributed by atoms with van der Waals surface area (Å²) in [6, 6.07) is 6.06. The average Bonchev–Trinajstić information content (AvgIpc) is 3.21. The van der Waals surface area contributed by atoms with Crippen molar-refractivity contribution in [1.82, 2.24) is 9.78 Å². The first-order valence-electron chi connectivity index (χ1n) is 8.31. The van der Waals surface area contributed by atoms with Crippen molar-refractivity contribution in [2.24, 2.45) is 0 Å². The first kappa shape index (κ1) is 19.0. The number of hydrogen-bond acceptors (Lipinski definition) is 6. The second kappa shape index (κ2) is 8.26. The Bertz CT molecular complexity index is 878. The number of alkyl halides is 2. The quantitative estimate of drug-likeness (QED) is 0.716. The van der Waals surface area contributed by atoms with E-state index >= 15 is 0 Å². The molecule has 27 heavy (non-hydrogen) atoms. The summed E-state index contributed by atoms with van der Waals surface area (Å²) in [7, 11) is 1.17. The third-order valence-corrected chi connectivity index (χ3v) is 4.13. The van der Waals surface area contributed by atoms with E-state index in [1.54, 1.807) is 12.1 Å². The summed E-state index contributed by atoms with van der Waals surface area (Å²) in [6.45, 7) is 0.104. The Morgan fingerprint density at radius 3 is 2.85 bits per heavy atom. The van der Waals surface area contributed by atoms with Gasteiger partial charge in [0.15, 0.2) is 0 Å². The number of aromatic nitrogens is 2. The number of methoxy groups -OCH3 is 1. The van der Waals surface area contributed by atoms with Gasteiger partial charge in [-0.2, -0.15) is 5.10 Å². The number of rotatable bonds is 6. The van der Waals surface area contributed by atoms with Crippen molar-refractivity contribution in [3.63, 3.8) is 0 Å². The molecule has 0 N–H and O–H groups in total. The number of halogens is 2. The summed E-state index contributed by atoms with van der Waals surface area (Å²) in [5, 5.41) is 4.34. The molecule has 7 nitrogen and oxygen atoms in total. The molecular formula is C18H18F2N2O5. The third-order valence-electron chi connectivity index (χ3n) is 4.13. The number of benzene rings is 1. The number of nitrogens with zero attached hydrogens (tertiary/aromatic N) is 2. The number of para-hydroxylation sites is 1. The molecular weight excluding hydrogens is 362 g/mol. The van der Waals surface area contributed by atoms with Crippen molar-refractivity contribution in [3.8, 4) is 17.0 Å². The third kappa shape index (κ3) is 4.13. The smallest absolute Gasteiger partial charge is 0.343 e. The summed E-state index contributed by atoms with van der Waals surface area (Å²) < 4.78 is 41.7. The molecule has 144 valence electrons. The van der Waals surface area contributed by atoms with Crippen molar-refractivity contribution in [2.75, 3.05) is 26.9 Å². The van der Waals surface area contributed by atoms with E-state index in [1.807, 2.05) is 0 Å². The van der Waals surface area contributed by atoms with Gasteiger partial charge >= 0.3 is 5.97 Å². The Morgan fingerprint density at radius 1 is 1.41 bits per heavy atom. The van der Waals surface area contributed by atoms with Crippen LogP contribution in [0.5, 0.6) is 5.75 Å². The first-order chi connectivity index (χ1) is 13.0. The standard InChI is InChI=1S/C18H18F2N2O5/c1-25-18(24)13-8-22(11-6-7-26-9-11)21-16(17(13)23)12-4-2-3-5-14(12)27-10-15(19)20/h2-5,8,11,15H,6-7,9-10H2,1H3. The molecule has 1 aliphatic rings. The Balaban J connectivity index is 2.13. The molecule has 2 heterocycles. The average molecular weight is 380 g/mol. The second-order valence-corrected chi connectivity index (χ2v) is 5.91. The number of esters is 1. The maximum Gasteiger partial charge on any atom is 0.343 e. The van der Waals surface area contributed by atoms with Gasteiger partial charge in [-0.05, 0) is 18.6 Å². The zero-order valence-corrected chi connectivity index (χ0v) is 14.6. The highest BCUT2D eigenvalue weighted by Crippen LogP contribution is 2.28. The fourth-order valence-electron chi connectivity index (χ4n) is 2.80. The van der Waals surface area contributed by atoms with Crippen molar-refractivity contribution in [1.29, 1.82) is 0 Å². The second-order valence-electron chi connectivity index (χ2n) is 5.91. The topological polar surface area (TPSA) is 79.7 Å². The minimum Gasteiger partial charge on any atom is -0.487 e. The number of hydrogen-bond donors (Lipinski definition) is 0. The van der Waals surface area contributed by atoms with Gasteiger partial charge in [-0.15, -0.1) is 0 Å². The van der Waals surface area contributed by atoms with Crippen molar-refractivity contribution < 1.29 is 27.8 Å². The van der Waals surface area contributed by atoms with Crippen LogP contribution in [0.15, 0.2) is 35.3 Å². The Labute approximate surface area is 153 Å². The number of carbonyl (C=O) groups excluding carboxylic acids is 1. The lowest BCUT2D eigenvalue weighted by Crippen LogP contribution is -2.26. The molecule has 2 aromatic rings. The van der Waals surface area contributed by atoms with Crippen molar-refractivity contribution in [2.45, 2.75) is 18.9 Å². The molecule has 1 saturated heterocycles. The van der Waals surface area contributed by atoms with E-state index in [4.69, 9.17) is 14.2 Å². The number of ether oxygens (including phenoxy) is 3. The van der Waals surface area contributed by atoms with Gasteiger partial charge in [0.1, 0.15) is 23.6 Å². The van der Waals surface area contributed by atoms with Crippen LogP contribution in [0.2, 0.25) is 0 Å². The van der Waals surface area contributed by atoms with Crippen LogP contribution in [-0.4, -0.2) is 49.1 Å². The summed E-state index contributed by atoms with van der Waals surface area (Å²) in [4.78, 5) is 24.9. The molecule has 0 aliphatic carbocycles. The van der Waals surface area contributed by atoms with E-state index in [2.05, 4.69) is 5.10 Å². The maximum atomic E-state index is 12.8. The summed E-state index contributed by atoms with van der Waals surface area (Å²) in [5.41, 5.74) is -0.709. The molecule has 1 aromatic heterocycles. The first-order valence-corrected chi connectivity index (χ1v) is 8.31. The van der Waals surface area contributed by atoms with E-state index in [0.717, 1.165) is 0 Å². The lowest BCUT2D eigenvalue weighted by Gasteiger charge is -2.16. The van der Waals surface area contributed by atoms with Crippen molar-refractivity contribution >= 4 is 5.97 Å². The molecule has 0 saturated carbocycles. The van der Waals surface area contributed by atoms with E-state index in [1.165, 1.54) is 30.1 Å². The SMILES string of the molecule is COC(=O)c1cn(C2CCOC2)nc(-c2ccccc2OCC(F)F)c1=O. The van der Waals surface area contributed by atoms with Crippen LogP contribution < -0.4 is 10.2 Å². The van der Waals surface area contributed by atoms with E-state index < -0.39 is 24.4 Å². The van der Waals surface area contributed by atoms with E-state index in [-0.39, 0.29) is 28.6 Å².